The summed E-state index contributed by atoms with van der Waals surface area (Å²) in [4.78, 5) is 31.9. The van der Waals surface area contributed by atoms with E-state index in [4.69, 9.17) is 0 Å². The maximum Gasteiger partial charge on any atom is 0.325 e. The number of benzene rings is 1. The van der Waals surface area contributed by atoms with Crippen molar-refractivity contribution in [2.24, 2.45) is 0 Å². The number of esters is 1. The number of urea groups is 1. The molecular formula is C16H15F3N4O3. The van der Waals surface area contributed by atoms with Crippen molar-refractivity contribution in [1.29, 1.82) is 0 Å². The number of halogens is 3. The van der Waals surface area contributed by atoms with E-state index in [1.807, 2.05) is 0 Å². The summed E-state index contributed by atoms with van der Waals surface area (Å²) in [5, 5.41) is 2.36. The first-order chi connectivity index (χ1) is 12.4. The predicted molar refractivity (Wildman–Crippen MR) is 82.6 cm³/mol. The minimum absolute atomic E-state index is 0.158. The van der Waals surface area contributed by atoms with Crippen LogP contribution in [0.5, 0.6) is 0 Å². The van der Waals surface area contributed by atoms with Gasteiger partial charge in [-0.25, -0.2) is 22.9 Å². The lowest BCUT2D eigenvalue weighted by Gasteiger charge is -2.35. The second-order valence-corrected chi connectivity index (χ2v) is 5.61. The molecule has 1 atom stereocenters. The first-order valence-electron chi connectivity index (χ1n) is 7.70. The molecule has 26 heavy (non-hydrogen) atoms. The van der Waals surface area contributed by atoms with Gasteiger partial charge in [-0.1, -0.05) is 6.07 Å². The quantitative estimate of drug-likeness (QED) is 0.637. The first-order valence-corrected chi connectivity index (χ1v) is 7.70. The molecule has 10 heteroatoms. The lowest BCUT2D eigenvalue weighted by molar-refractivity contribution is -0.139. The third kappa shape index (κ3) is 3.09. The molecule has 2 heterocycles. The number of H-pyrrole nitrogens is 1. The Balaban J connectivity index is 1.98. The van der Waals surface area contributed by atoms with Crippen LogP contribution < -0.4 is 5.32 Å². The number of rotatable bonds is 3. The SMILES string of the molecule is COC(=O)CNC(=O)N1CCc2[nH]cnc2[C@H]1c1ccc(F)c(F)c1F. The van der Waals surface area contributed by atoms with Crippen LogP contribution in [0.1, 0.15) is 23.0 Å². The zero-order chi connectivity index (χ0) is 18.8. The van der Waals surface area contributed by atoms with Crippen LogP contribution in [0.2, 0.25) is 0 Å². The molecule has 3 rings (SSSR count). The molecule has 138 valence electrons. The van der Waals surface area contributed by atoms with Crippen molar-refractivity contribution < 1.29 is 27.5 Å². The molecule has 0 unspecified atom stereocenters. The van der Waals surface area contributed by atoms with Crippen molar-refractivity contribution in [1.82, 2.24) is 20.2 Å². The number of aromatic nitrogens is 2. The number of nitrogens with one attached hydrogen (secondary N) is 2. The summed E-state index contributed by atoms with van der Waals surface area (Å²) >= 11 is 0. The second-order valence-electron chi connectivity index (χ2n) is 5.61. The Hall–Kier alpha value is -3.04. The van der Waals surface area contributed by atoms with E-state index in [1.54, 1.807) is 0 Å². The highest BCUT2D eigenvalue weighted by atomic mass is 19.2. The van der Waals surface area contributed by atoms with Gasteiger partial charge in [-0.2, -0.15) is 0 Å². The fraction of sp³-hybridized carbons (Fsp3) is 0.312. The number of amides is 2. The Morgan fingerprint density at radius 3 is 2.85 bits per heavy atom. The summed E-state index contributed by atoms with van der Waals surface area (Å²) in [5.41, 5.74) is 0.760. The number of carbonyl (C=O) groups excluding carboxylic acids is 2. The number of aromatic amines is 1. The first kappa shape index (κ1) is 17.8. The van der Waals surface area contributed by atoms with Gasteiger partial charge in [0.2, 0.25) is 0 Å². The molecule has 0 saturated heterocycles. The second kappa shape index (κ2) is 7.06. The number of ether oxygens (including phenoxy) is 1. The van der Waals surface area contributed by atoms with Crippen LogP contribution in [0.15, 0.2) is 18.5 Å². The summed E-state index contributed by atoms with van der Waals surface area (Å²) in [6, 6.07) is 0.109. The van der Waals surface area contributed by atoms with Crippen LogP contribution in [0.4, 0.5) is 18.0 Å². The van der Waals surface area contributed by atoms with E-state index >= 15 is 0 Å². The number of carbonyl (C=O) groups is 2. The molecule has 0 radical (unpaired) electrons. The number of imidazole rings is 1. The van der Waals surface area contributed by atoms with E-state index in [1.165, 1.54) is 18.3 Å². The van der Waals surface area contributed by atoms with E-state index in [0.29, 0.717) is 17.8 Å². The fourth-order valence-corrected chi connectivity index (χ4v) is 2.88. The van der Waals surface area contributed by atoms with Gasteiger partial charge < -0.3 is 19.9 Å². The van der Waals surface area contributed by atoms with Gasteiger partial charge >= 0.3 is 12.0 Å². The van der Waals surface area contributed by atoms with Gasteiger partial charge in [0.05, 0.1) is 19.1 Å². The molecule has 0 spiro atoms. The van der Waals surface area contributed by atoms with Crippen molar-refractivity contribution in [3.63, 3.8) is 0 Å². The van der Waals surface area contributed by atoms with Gasteiger partial charge in [0.25, 0.3) is 0 Å². The van der Waals surface area contributed by atoms with Gasteiger partial charge in [0.15, 0.2) is 17.5 Å². The Morgan fingerprint density at radius 1 is 1.35 bits per heavy atom. The van der Waals surface area contributed by atoms with Gasteiger partial charge in [-0.15, -0.1) is 0 Å². The lowest BCUT2D eigenvalue weighted by atomic mass is 9.95. The van der Waals surface area contributed by atoms with Crippen LogP contribution in [-0.2, 0) is 16.0 Å². The Morgan fingerprint density at radius 2 is 2.12 bits per heavy atom. The molecule has 0 saturated carbocycles. The molecule has 1 aromatic carbocycles. The summed E-state index contributed by atoms with van der Waals surface area (Å²) < 4.78 is 45.8. The maximum atomic E-state index is 14.4. The summed E-state index contributed by atoms with van der Waals surface area (Å²) in [5.74, 6) is -5.01. The number of hydrogen-bond acceptors (Lipinski definition) is 4. The third-order valence-electron chi connectivity index (χ3n) is 4.16. The van der Waals surface area contributed by atoms with E-state index in [-0.39, 0.29) is 18.7 Å². The van der Waals surface area contributed by atoms with Crippen LogP contribution in [0, 0.1) is 17.5 Å². The summed E-state index contributed by atoms with van der Waals surface area (Å²) in [7, 11) is 1.17. The van der Waals surface area contributed by atoms with Gasteiger partial charge in [-0.05, 0) is 6.07 Å². The molecule has 2 aromatic rings. The number of nitrogens with zero attached hydrogens (tertiary/aromatic N) is 2. The van der Waals surface area contributed by atoms with Crippen LogP contribution in [0.25, 0.3) is 0 Å². The molecule has 7 nitrogen and oxygen atoms in total. The minimum Gasteiger partial charge on any atom is -0.468 e. The summed E-state index contributed by atoms with van der Waals surface area (Å²) in [6.07, 6.45) is 1.79. The maximum absolute atomic E-state index is 14.4. The van der Waals surface area contributed by atoms with Crippen molar-refractivity contribution >= 4 is 12.0 Å². The van der Waals surface area contributed by atoms with E-state index in [0.717, 1.165) is 12.1 Å². The number of fused-ring (bicyclic) bond motifs is 1. The number of methoxy groups -OCH3 is 1. The Kier molecular flexibility index (Phi) is 4.83. The van der Waals surface area contributed by atoms with Crippen molar-refractivity contribution in [2.45, 2.75) is 12.5 Å². The predicted octanol–water partition coefficient (Wildman–Crippen LogP) is 1.66. The summed E-state index contributed by atoms with van der Waals surface area (Å²) in [6.45, 7) is -0.225. The van der Waals surface area contributed by atoms with Crippen LogP contribution >= 0.6 is 0 Å². The normalized spacial score (nSPS) is 16.2. The molecule has 1 aromatic heterocycles. The minimum atomic E-state index is -1.62. The molecule has 0 bridgehead atoms. The fourth-order valence-electron chi connectivity index (χ4n) is 2.88. The monoisotopic (exact) mass is 368 g/mol. The van der Waals surface area contributed by atoms with E-state index in [9.17, 15) is 22.8 Å². The average Bonchev–Trinajstić information content (AvgIpc) is 3.12. The smallest absolute Gasteiger partial charge is 0.325 e. The van der Waals surface area contributed by atoms with Gasteiger partial charge in [0.1, 0.15) is 12.6 Å². The van der Waals surface area contributed by atoms with Gasteiger partial charge in [-0.3, -0.25) is 4.79 Å². The number of hydrogen-bond donors (Lipinski definition) is 2. The average molecular weight is 368 g/mol. The zero-order valence-corrected chi connectivity index (χ0v) is 13.7. The third-order valence-corrected chi connectivity index (χ3v) is 4.16. The highest BCUT2D eigenvalue weighted by molar-refractivity contribution is 5.81. The molecule has 1 aliphatic rings. The Bertz CT molecular complexity index is 855. The highest BCUT2D eigenvalue weighted by Gasteiger charge is 2.36. The van der Waals surface area contributed by atoms with Crippen molar-refractivity contribution in [3.8, 4) is 0 Å². The molecule has 0 fully saturated rings. The largest absolute Gasteiger partial charge is 0.468 e. The molecule has 1 aliphatic heterocycles. The molecule has 0 aliphatic carbocycles. The molecule has 2 amide bonds. The zero-order valence-electron chi connectivity index (χ0n) is 13.7. The highest BCUT2D eigenvalue weighted by Crippen LogP contribution is 2.35. The molecule has 2 N–H and O–H groups in total. The van der Waals surface area contributed by atoms with Crippen molar-refractivity contribution in [3.05, 3.63) is 52.9 Å². The lowest BCUT2D eigenvalue weighted by Crippen LogP contribution is -2.47. The van der Waals surface area contributed by atoms with Crippen molar-refractivity contribution in [2.75, 3.05) is 20.2 Å². The van der Waals surface area contributed by atoms with Gasteiger partial charge in [0, 0.05) is 24.2 Å². The molecular weight excluding hydrogens is 353 g/mol. The Labute approximate surface area is 146 Å². The van der Waals surface area contributed by atoms with Crippen LogP contribution in [0.3, 0.4) is 0 Å². The van der Waals surface area contributed by atoms with E-state index < -0.39 is 35.5 Å². The van der Waals surface area contributed by atoms with Crippen LogP contribution in [-0.4, -0.2) is 47.1 Å². The van der Waals surface area contributed by atoms with E-state index in [2.05, 4.69) is 20.0 Å². The standard InChI is InChI=1S/C16H15F3N4O3/c1-26-11(24)6-20-16(25)23-5-4-10-14(22-7-21-10)15(23)8-2-3-9(17)13(19)12(8)18/h2-3,7,15H,4-6H2,1H3,(H,20,25)(H,21,22)/t15-/m1/s1. The topological polar surface area (TPSA) is 87.3 Å².